The van der Waals surface area contributed by atoms with Crippen LogP contribution in [0.3, 0.4) is 0 Å². The van der Waals surface area contributed by atoms with Crippen LogP contribution in [0.1, 0.15) is 18.9 Å². The summed E-state index contributed by atoms with van der Waals surface area (Å²) in [5.41, 5.74) is 0.710. The summed E-state index contributed by atoms with van der Waals surface area (Å²) in [5, 5.41) is 0. The number of hydrogen-bond donors (Lipinski definition) is 0. The Morgan fingerprint density at radius 1 is 1.55 bits per heavy atom. The molecule has 1 aromatic carbocycles. The summed E-state index contributed by atoms with van der Waals surface area (Å²) in [6.07, 6.45) is 1.77. The zero-order valence-electron chi connectivity index (χ0n) is 12.4. The van der Waals surface area contributed by atoms with Crippen molar-refractivity contribution < 1.29 is 9.53 Å². The second-order valence-electron chi connectivity index (χ2n) is 5.96. The van der Waals surface area contributed by atoms with Crippen LogP contribution in [0, 0.1) is 11.3 Å². The van der Waals surface area contributed by atoms with Gasteiger partial charge in [-0.05, 0) is 57.0 Å². The van der Waals surface area contributed by atoms with Crippen molar-refractivity contribution in [2.45, 2.75) is 19.8 Å². The first kappa shape index (κ1) is 15.5. The lowest BCUT2D eigenvalue weighted by Gasteiger charge is -2.33. The van der Waals surface area contributed by atoms with Crippen LogP contribution in [0.25, 0.3) is 0 Å². The minimum absolute atomic E-state index is 0.0993. The Morgan fingerprint density at radius 3 is 2.85 bits per heavy atom. The number of nitrogens with zero attached hydrogens (tertiary/aromatic N) is 1. The van der Waals surface area contributed by atoms with Gasteiger partial charge in [-0.3, -0.25) is 4.79 Å². The molecule has 0 aromatic heterocycles. The van der Waals surface area contributed by atoms with E-state index in [1.165, 1.54) is 12.7 Å². The van der Waals surface area contributed by atoms with Crippen molar-refractivity contribution in [3.05, 3.63) is 34.3 Å². The van der Waals surface area contributed by atoms with Crippen molar-refractivity contribution in [3.8, 4) is 0 Å². The molecule has 20 heavy (non-hydrogen) atoms. The molecule has 0 radical (unpaired) electrons. The molecule has 110 valence electrons. The molecular formula is C16H22BrNO2. The minimum atomic E-state index is -0.458. The fraction of sp³-hybridized carbons (Fsp3) is 0.562. The SMILES string of the molecule is COC(=O)C(C)(Cc1cccc(Br)c1)C1CCN(C)C1. The van der Waals surface area contributed by atoms with Crippen molar-refractivity contribution in [2.75, 3.05) is 27.2 Å². The first-order valence-electron chi connectivity index (χ1n) is 6.97. The summed E-state index contributed by atoms with van der Waals surface area (Å²) in [7, 11) is 3.59. The average Bonchev–Trinajstić information content (AvgIpc) is 2.85. The van der Waals surface area contributed by atoms with Gasteiger partial charge in [-0.1, -0.05) is 28.1 Å². The summed E-state index contributed by atoms with van der Waals surface area (Å²) in [6, 6.07) is 8.17. The molecule has 4 heteroatoms. The summed E-state index contributed by atoms with van der Waals surface area (Å²) in [4.78, 5) is 14.6. The first-order chi connectivity index (χ1) is 9.45. The Labute approximate surface area is 129 Å². The Morgan fingerprint density at radius 2 is 2.30 bits per heavy atom. The highest BCUT2D eigenvalue weighted by Crippen LogP contribution is 2.38. The maximum Gasteiger partial charge on any atom is 0.312 e. The van der Waals surface area contributed by atoms with Crippen LogP contribution in [0.4, 0.5) is 0 Å². The van der Waals surface area contributed by atoms with Gasteiger partial charge in [0.2, 0.25) is 0 Å². The number of esters is 1. The summed E-state index contributed by atoms with van der Waals surface area (Å²) in [5.74, 6) is 0.247. The van der Waals surface area contributed by atoms with Crippen LogP contribution in [0.15, 0.2) is 28.7 Å². The normalized spacial score (nSPS) is 22.5. The van der Waals surface area contributed by atoms with Crippen LogP contribution in [0.2, 0.25) is 0 Å². The summed E-state index contributed by atoms with van der Waals surface area (Å²) in [6.45, 7) is 4.05. The third-order valence-electron chi connectivity index (χ3n) is 4.40. The van der Waals surface area contributed by atoms with Crippen LogP contribution in [0.5, 0.6) is 0 Å². The third kappa shape index (κ3) is 3.23. The van der Waals surface area contributed by atoms with E-state index in [1.807, 2.05) is 19.1 Å². The van der Waals surface area contributed by atoms with Gasteiger partial charge in [-0.2, -0.15) is 0 Å². The van der Waals surface area contributed by atoms with E-state index in [4.69, 9.17) is 4.74 Å². The Kier molecular flexibility index (Phi) is 4.86. The lowest BCUT2D eigenvalue weighted by Crippen LogP contribution is -2.40. The quantitative estimate of drug-likeness (QED) is 0.789. The number of methoxy groups -OCH3 is 1. The fourth-order valence-electron chi connectivity index (χ4n) is 3.14. The van der Waals surface area contributed by atoms with Gasteiger partial charge in [0.25, 0.3) is 0 Å². The molecular weight excluding hydrogens is 318 g/mol. The highest BCUT2D eigenvalue weighted by molar-refractivity contribution is 9.10. The molecule has 0 aliphatic carbocycles. The molecule has 0 saturated carbocycles. The van der Waals surface area contributed by atoms with Gasteiger partial charge in [-0.25, -0.2) is 0 Å². The first-order valence-corrected chi connectivity index (χ1v) is 7.76. The fourth-order valence-corrected chi connectivity index (χ4v) is 3.59. The molecule has 1 heterocycles. The smallest absolute Gasteiger partial charge is 0.312 e. The van der Waals surface area contributed by atoms with Gasteiger partial charge in [0.05, 0.1) is 12.5 Å². The molecule has 0 amide bonds. The van der Waals surface area contributed by atoms with E-state index in [2.05, 4.69) is 40.0 Å². The van der Waals surface area contributed by atoms with Crippen molar-refractivity contribution >= 4 is 21.9 Å². The number of likely N-dealkylation sites (tertiary alicyclic amines) is 1. The number of carbonyl (C=O) groups excluding carboxylic acids is 1. The van der Waals surface area contributed by atoms with Crippen LogP contribution >= 0.6 is 15.9 Å². The molecule has 0 bridgehead atoms. The molecule has 2 unspecified atom stereocenters. The van der Waals surface area contributed by atoms with Gasteiger partial charge >= 0.3 is 5.97 Å². The van der Waals surface area contributed by atoms with Crippen molar-refractivity contribution in [1.29, 1.82) is 0 Å². The van der Waals surface area contributed by atoms with Gasteiger partial charge in [0, 0.05) is 11.0 Å². The molecule has 0 spiro atoms. The third-order valence-corrected chi connectivity index (χ3v) is 4.90. The van der Waals surface area contributed by atoms with Crippen molar-refractivity contribution in [3.63, 3.8) is 0 Å². The Bertz CT molecular complexity index is 491. The second kappa shape index (κ2) is 6.27. The highest BCUT2D eigenvalue weighted by atomic mass is 79.9. The zero-order chi connectivity index (χ0) is 14.8. The van der Waals surface area contributed by atoms with E-state index in [-0.39, 0.29) is 5.97 Å². The Balaban J connectivity index is 2.25. The minimum Gasteiger partial charge on any atom is -0.469 e. The van der Waals surface area contributed by atoms with E-state index >= 15 is 0 Å². The maximum atomic E-state index is 12.4. The second-order valence-corrected chi connectivity index (χ2v) is 6.88. The standard InChI is InChI=1S/C16H22BrNO2/c1-16(15(19)20-3,13-7-8-18(2)11-13)10-12-5-4-6-14(17)9-12/h4-6,9,13H,7-8,10-11H2,1-3H3. The van der Waals surface area contributed by atoms with E-state index < -0.39 is 5.41 Å². The molecule has 3 nitrogen and oxygen atoms in total. The lowest BCUT2D eigenvalue weighted by molar-refractivity contribution is -0.155. The predicted octanol–water partition coefficient (Wildman–Crippen LogP) is 3.12. The molecule has 1 saturated heterocycles. The molecule has 2 rings (SSSR count). The zero-order valence-corrected chi connectivity index (χ0v) is 13.9. The summed E-state index contributed by atoms with van der Waals surface area (Å²) < 4.78 is 6.14. The van der Waals surface area contributed by atoms with Gasteiger partial charge < -0.3 is 9.64 Å². The topological polar surface area (TPSA) is 29.5 Å². The molecule has 1 aliphatic rings. The van der Waals surface area contributed by atoms with E-state index in [9.17, 15) is 4.79 Å². The number of halogens is 1. The number of hydrogen-bond acceptors (Lipinski definition) is 3. The van der Waals surface area contributed by atoms with Crippen LogP contribution in [-0.2, 0) is 16.0 Å². The molecule has 1 fully saturated rings. The maximum absolute atomic E-state index is 12.4. The molecule has 0 N–H and O–H groups in total. The van der Waals surface area contributed by atoms with Gasteiger partial charge in [0.1, 0.15) is 0 Å². The Hall–Kier alpha value is -0.870. The number of ether oxygens (including phenoxy) is 1. The van der Waals surface area contributed by atoms with E-state index in [0.29, 0.717) is 5.92 Å². The lowest BCUT2D eigenvalue weighted by atomic mass is 9.72. The molecule has 1 aliphatic heterocycles. The monoisotopic (exact) mass is 339 g/mol. The van der Waals surface area contributed by atoms with Crippen molar-refractivity contribution in [1.82, 2.24) is 4.90 Å². The number of carbonyl (C=O) groups is 1. The largest absolute Gasteiger partial charge is 0.469 e. The predicted molar refractivity (Wildman–Crippen MR) is 83.6 cm³/mol. The average molecular weight is 340 g/mol. The highest BCUT2D eigenvalue weighted by Gasteiger charge is 2.44. The van der Waals surface area contributed by atoms with Crippen LogP contribution in [-0.4, -0.2) is 38.1 Å². The molecule has 2 atom stereocenters. The number of benzene rings is 1. The van der Waals surface area contributed by atoms with Crippen molar-refractivity contribution in [2.24, 2.45) is 11.3 Å². The number of rotatable bonds is 4. The van der Waals surface area contributed by atoms with Gasteiger partial charge in [0.15, 0.2) is 0 Å². The molecule has 1 aromatic rings. The van der Waals surface area contributed by atoms with E-state index in [0.717, 1.165) is 30.4 Å². The van der Waals surface area contributed by atoms with Gasteiger partial charge in [-0.15, -0.1) is 0 Å². The van der Waals surface area contributed by atoms with Crippen LogP contribution < -0.4 is 0 Å². The van der Waals surface area contributed by atoms with E-state index in [1.54, 1.807) is 0 Å². The summed E-state index contributed by atoms with van der Waals surface area (Å²) >= 11 is 3.49.